The Labute approximate surface area is 194 Å². The Bertz CT molecular complexity index is 1630. The molecule has 3 aromatic heterocycles. The summed E-state index contributed by atoms with van der Waals surface area (Å²) in [5.74, 6) is 6.47. The second kappa shape index (κ2) is 9.17. The highest BCUT2D eigenvalue weighted by atomic mass is 16.2. The average Bonchev–Trinajstić information content (AvgIpc) is 3.23. The molecule has 172 valence electrons. The van der Waals surface area contributed by atoms with Crippen molar-refractivity contribution in [3.63, 3.8) is 0 Å². The van der Waals surface area contributed by atoms with Crippen LogP contribution in [0.3, 0.4) is 0 Å². The minimum Gasteiger partial charge on any atom is -0.344 e. The number of imidazole rings is 1. The van der Waals surface area contributed by atoms with Crippen LogP contribution in [-0.2, 0) is 20.1 Å². The molecule has 0 aliphatic heterocycles. The number of hydrogen-bond donors (Lipinski definition) is 1. The summed E-state index contributed by atoms with van der Waals surface area (Å²) in [5, 5.41) is 10.1. The van der Waals surface area contributed by atoms with Crippen molar-refractivity contribution in [3.05, 3.63) is 56.6 Å². The lowest BCUT2D eigenvalue weighted by Crippen LogP contribution is -2.40. The van der Waals surface area contributed by atoms with Crippen molar-refractivity contribution < 1.29 is 0 Å². The summed E-state index contributed by atoms with van der Waals surface area (Å²) in [4.78, 5) is 41.9. The molecule has 2 N–H and O–H groups in total. The van der Waals surface area contributed by atoms with E-state index in [1.165, 1.54) is 4.57 Å². The lowest BCUT2D eigenvalue weighted by atomic mass is 10.2. The van der Waals surface area contributed by atoms with Crippen LogP contribution in [0.4, 0.5) is 5.95 Å². The van der Waals surface area contributed by atoms with Crippen LogP contribution in [0, 0.1) is 23.2 Å². The van der Waals surface area contributed by atoms with E-state index in [0.717, 1.165) is 4.57 Å². The van der Waals surface area contributed by atoms with Crippen molar-refractivity contribution >= 4 is 28.0 Å². The Balaban J connectivity index is 1.95. The van der Waals surface area contributed by atoms with Gasteiger partial charge < -0.3 is 10.6 Å². The zero-order chi connectivity index (χ0) is 24.4. The molecule has 3 heterocycles. The van der Waals surface area contributed by atoms with Gasteiger partial charge in [-0.05, 0) is 19.1 Å². The van der Waals surface area contributed by atoms with Gasteiger partial charge in [-0.25, -0.2) is 14.8 Å². The van der Waals surface area contributed by atoms with Gasteiger partial charge in [0.05, 0.1) is 18.6 Å². The number of fused-ring (bicyclic) bond motifs is 2. The maximum atomic E-state index is 13.6. The number of benzene rings is 1. The normalized spacial score (nSPS) is 10.8. The second-order valence-electron chi connectivity index (χ2n) is 7.66. The summed E-state index contributed by atoms with van der Waals surface area (Å²) in [6.07, 6.45) is 0. The molecule has 11 heteroatoms. The quantitative estimate of drug-likeness (QED) is 0.404. The highest BCUT2D eigenvalue weighted by Crippen LogP contribution is 2.19. The fourth-order valence-electron chi connectivity index (χ4n) is 3.81. The largest absolute Gasteiger partial charge is 0.344 e. The zero-order valence-corrected chi connectivity index (χ0v) is 19.1. The first-order valence-corrected chi connectivity index (χ1v) is 10.6. The van der Waals surface area contributed by atoms with Crippen molar-refractivity contribution in [1.29, 1.82) is 5.26 Å². The Hall–Kier alpha value is -4.48. The first-order chi connectivity index (χ1) is 16.4. The predicted octanol–water partition coefficient (Wildman–Crippen LogP) is 0.178. The number of anilines is 1. The molecular formula is C23H23N9O2. The molecule has 0 unspecified atom stereocenters. The van der Waals surface area contributed by atoms with Gasteiger partial charge in [0.2, 0.25) is 5.95 Å². The van der Waals surface area contributed by atoms with E-state index in [1.807, 2.05) is 11.9 Å². The van der Waals surface area contributed by atoms with Crippen LogP contribution in [0.5, 0.6) is 0 Å². The number of nitrogens with zero attached hydrogens (tertiary/aromatic N) is 8. The minimum atomic E-state index is -0.563. The highest BCUT2D eigenvalue weighted by molar-refractivity contribution is 5.83. The maximum absolute atomic E-state index is 13.6. The first-order valence-electron chi connectivity index (χ1n) is 10.6. The standard InChI is InChI=1S/C23H23N9O2/c1-4-5-11-31-19-20(28-22(31)29(2)12-10-24)30(3)23(34)32(21(19)33)14-18-26-16-9-7-6-8-15(16)17(13-25)27-18/h6-9H,10-12,14,24H2,1-3H3. The lowest BCUT2D eigenvalue weighted by Gasteiger charge is -2.17. The molecule has 0 radical (unpaired) electrons. The van der Waals surface area contributed by atoms with E-state index in [1.54, 1.807) is 42.8 Å². The van der Waals surface area contributed by atoms with Gasteiger partial charge in [-0.2, -0.15) is 10.2 Å². The molecule has 4 aromatic rings. The number of hydrogen-bond acceptors (Lipinski definition) is 8. The summed E-state index contributed by atoms with van der Waals surface area (Å²) < 4.78 is 4.05. The molecule has 0 amide bonds. The third-order valence-electron chi connectivity index (χ3n) is 5.49. The van der Waals surface area contributed by atoms with Gasteiger partial charge in [0, 0.05) is 32.6 Å². The van der Waals surface area contributed by atoms with E-state index >= 15 is 0 Å². The lowest BCUT2D eigenvalue weighted by molar-refractivity contribution is 0.634. The monoisotopic (exact) mass is 457 g/mol. The van der Waals surface area contributed by atoms with Crippen molar-refractivity contribution in [1.82, 2.24) is 28.7 Å². The van der Waals surface area contributed by atoms with Crippen LogP contribution in [0.1, 0.15) is 18.4 Å². The molecule has 1 aromatic carbocycles. The summed E-state index contributed by atoms with van der Waals surface area (Å²) >= 11 is 0. The number of para-hydroxylation sites is 1. The fourth-order valence-corrected chi connectivity index (χ4v) is 3.81. The Morgan fingerprint density at radius 3 is 2.62 bits per heavy atom. The summed E-state index contributed by atoms with van der Waals surface area (Å²) in [6, 6.07) is 9.15. The van der Waals surface area contributed by atoms with E-state index in [0.29, 0.717) is 29.9 Å². The van der Waals surface area contributed by atoms with Crippen LogP contribution in [0.2, 0.25) is 0 Å². The molecule has 0 fully saturated rings. The fraction of sp³-hybridized carbons (Fsp3) is 0.304. The van der Waals surface area contributed by atoms with Crippen LogP contribution < -0.4 is 21.9 Å². The smallest absolute Gasteiger partial charge is 0.332 e. The predicted molar refractivity (Wildman–Crippen MR) is 128 cm³/mol. The molecule has 0 saturated heterocycles. The molecule has 4 rings (SSSR count). The highest BCUT2D eigenvalue weighted by Gasteiger charge is 2.22. The van der Waals surface area contributed by atoms with Gasteiger partial charge in [0.1, 0.15) is 6.07 Å². The van der Waals surface area contributed by atoms with E-state index in [-0.39, 0.29) is 35.8 Å². The van der Waals surface area contributed by atoms with Crippen molar-refractivity contribution in [2.75, 3.05) is 25.0 Å². The Morgan fingerprint density at radius 1 is 1.15 bits per heavy atom. The van der Waals surface area contributed by atoms with Crippen LogP contribution in [0.25, 0.3) is 22.1 Å². The van der Waals surface area contributed by atoms with Gasteiger partial charge in [0.25, 0.3) is 5.56 Å². The molecular weight excluding hydrogens is 434 g/mol. The number of aromatic nitrogens is 6. The van der Waals surface area contributed by atoms with Crippen molar-refractivity contribution in [2.45, 2.75) is 20.0 Å². The van der Waals surface area contributed by atoms with Gasteiger partial charge in [-0.1, -0.05) is 18.1 Å². The number of rotatable bonds is 6. The summed E-state index contributed by atoms with van der Waals surface area (Å²) in [7, 11) is 3.37. The molecule has 0 aliphatic rings. The molecule has 0 aliphatic carbocycles. The van der Waals surface area contributed by atoms with Crippen LogP contribution >= 0.6 is 0 Å². The SMILES string of the molecule is CC#CCn1c(N(C)CCN)nc2c1c(=O)n(Cc1nc(C#N)c3ccccc3n1)c(=O)n2C. The zero-order valence-electron chi connectivity index (χ0n) is 19.1. The molecule has 0 bridgehead atoms. The maximum Gasteiger partial charge on any atom is 0.332 e. The number of nitrogens with two attached hydrogens (primary N) is 1. The average molecular weight is 457 g/mol. The van der Waals surface area contributed by atoms with Gasteiger partial charge in [0.15, 0.2) is 22.7 Å². The topological polar surface area (TPSA) is 141 Å². The third kappa shape index (κ3) is 3.78. The van der Waals surface area contributed by atoms with Crippen LogP contribution in [-0.4, -0.2) is 48.8 Å². The molecule has 0 spiro atoms. The molecule has 11 nitrogen and oxygen atoms in total. The van der Waals surface area contributed by atoms with Gasteiger partial charge >= 0.3 is 5.69 Å². The Morgan fingerprint density at radius 2 is 1.91 bits per heavy atom. The molecule has 0 saturated carbocycles. The first kappa shape index (κ1) is 22.7. The van der Waals surface area contributed by atoms with E-state index < -0.39 is 11.2 Å². The Kier molecular flexibility index (Phi) is 6.13. The third-order valence-corrected chi connectivity index (χ3v) is 5.49. The number of aryl methyl sites for hydroxylation is 1. The van der Waals surface area contributed by atoms with E-state index in [4.69, 9.17) is 5.73 Å². The summed E-state index contributed by atoms with van der Waals surface area (Å²) in [5.41, 5.74) is 5.84. The molecule has 0 atom stereocenters. The van der Waals surface area contributed by atoms with Gasteiger partial charge in [-0.3, -0.25) is 18.5 Å². The van der Waals surface area contributed by atoms with Crippen molar-refractivity contribution in [2.24, 2.45) is 12.8 Å². The summed E-state index contributed by atoms with van der Waals surface area (Å²) in [6.45, 7) is 2.63. The van der Waals surface area contributed by atoms with E-state index in [2.05, 4.69) is 32.9 Å². The molecule has 34 heavy (non-hydrogen) atoms. The van der Waals surface area contributed by atoms with Gasteiger partial charge in [-0.15, -0.1) is 5.92 Å². The second-order valence-corrected chi connectivity index (χ2v) is 7.66. The number of nitriles is 1. The van der Waals surface area contributed by atoms with Crippen LogP contribution in [0.15, 0.2) is 33.9 Å². The van der Waals surface area contributed by atoms with Crippen molar-refractivity contribution in [3.8, 4) is 17.9 Å². The van der Waals surface area contributed by atoms with E-state index in [9.17, 15) is 14.9 Å². The number of likely N-dealkylation sites (N-methyl/N-ethyl adjacent to an activating group) is 1. The minimum absolute atomic E-state index is 0.181.